The predicted molar refractivity (Wildman–Crippen MR) is 101 cm³/mol. The third-order valence-electron chi connectivity index (χ3n) is 3.68. The van der Waals surface area contributed by atoms with E-state index in [0.717, 1.165) is 23.3 Å². The molecule has 6 nitrogen and oxygen atoms in total. The second kappa shape index (κ2) is 7.81. The van der Waals surface area contributed by atoms with Gasteiger partial charge in [-0.25, -0.2) is 4.79 Å². The maximum Gasteiger partial charge on any atom is 0.407 e. The molecule has 1 aromatic carbocycles. The fourth-order valence-corrected chi connectivity index (χ4v) is 2.51. The van der Waals surface area contributed by atoms with E-state index < -0.39 is 17.2 Å². The maximum absolute atomic E-state index is 12.2. The zero-order valence-corrected chi connectivity index (χ0v) is 16.1. The SMILES string of the molecule is CC(C)(CNC(=O)OC(C)(C)C)NC(=O)C=Cc1ccc2c(c1)CCO2. The van der Waals surface area contributed by atoms with Gasteiger partial charge in [-0.1, -0.05) is 6.07 Å². The lowest BCUT2D eigenvalue weighted by Gasteiger charge is -2.27. The van der Waals surface area contributed by atoms with Crippen molar-refractivity contribution in [3.63, 3.8) is 0 Å². The average molecular weight is 360 g/mol. The van der Waals surface area contributed by atoms with E-state index in [-0.39, 0.29) is 12.5 Å². The van der Waals surface area contributed by atoms with Gasteiger partial charge in [0.25, 0.3) is 0 Å². The van der Waals surface area contributed by atoms with E-state index in [4.69, 9.17) is 9.47 Å². The molecule has 1 heterocycles. The van der Waals surface area contributed by atoms with Gasteiger partial charge in [-0.2, -0.15) is 0 Å². The Morgan fingerprint density at radius 3 is 2.65 bits per heavy atom. The largest absolute Gasteiger partial charge is 0.493 e. The van der Waals surface area contributed by atoms with Crippen LogP contribution in [0.1, 0.15) is 45.7 Å². The molecule has 142 valence electrons. The molecule has 0 bridgehead atoms. The number of alkyl carbamates (subject to hydrolysis) is 1. The number of benzene rings is 1. The highest BCUT2D eigenvalue weighted by molar-refractivity contribution is 5.92. The molecule has 6 heteroatoms. The van der Waals surface area contributed by atoms with E-state index in [9.17, 15) is 9.59 Å². The third kappa shape index (κ3) is 6.43. The van der Waals surface area contributed by atoms with Gasteiger partial charge in [0.2, 0.25) is 5.91 Å². The minimum Gasteiger partial charge on any atom is -0.493 e. The van der Waals surface area contributed by atoms with Gasteiger partial charge in [0.05, 0.1) is 12.1 Å². The van der Waals surface area contributed by atoms with E-state index in [0.29, 0.717) is 6.61 Å². The first kappa shape index (κ1) is 19.8. The summed E-state index contributed by atoms with van der Waals surface area (Å²) in [7, 11) is 0. The second-order valence-electron chi connectivity index (χ2n) is 8.03. The molecule has 0 aliphatic carbocycles. The molecule has 1 aliphatic heterocycles. The number of amides is 2. The van der Waals surface area contributed by atoms with E-state index in [1.54, 1.807) is 26.8 Å². The van der Waals surface area contributed by atoms with Crippen LogP contribution >= 0.6 is 0 Å². The van der Waals surface area contributed by atoms with Crippen molar-refractivity contribution < 1.29 is 19.1 Å². The van der Waals surface area contributed by atoms with Crippen LogP contribution in [0.5, 0.6) is 5.75 Å². The summed E-state index contributed by atoms with van der Waals surface area (Å²) in [5, 5.41) is 5.55. The van der Waals surface area contributed by atoms with Crippen LogP contribution in [0.25, 0.3) is 6.08 Å². The Kier molecular flexibility index (Phi) is 5.95. The van der Waals surface area contributed by atoms with Gasteiger partial charge in [0.15, 0.2) is 0 Å². The second-order valence-corrected chi connectivity index (χ2v) is 8.03. The van der Waals surface area contributed by atoms with Crippen molar-refractivity contribution in [2.75, 3.05) is 13.2 Å². The van der Waals surface area contributed by atoms with Crippen molar-refractivity contribution >= 4 is 18.1 Å². The number of carbonyl (C=O) groups excluding carboxylic acids is 2. The molecular formula is C20H28N2O4. The Balaban J connectivity index is 1.84. The Morgan fingerprint density at radius 2 is 1.96 bits per heavy atom. The molecule has 2 rings (SSSR count). The van der Waals surface area contributed by atoms with Crippen LogP contribution in [0.3, 0.4) is 0 Å². The molecular weight excluding hydrogens is 332 g/mol. The van der Waals surface area contributed by atoms with E-state index >= 15 is 0 Å². The Bertz CT molecular complexity index is 702. The molecule has 0 radical (unpaired) electrons. The van der Waals surface area contributed by atoms with Crippen LogP contribution in [0.15, 0.2) is 24.3 Å². The van der Waals surface area contributed by atoms with Gasteiger partial charge >= 0.3 is 6.09 Å². The monoisotopic (exact) mass is 360 g/mol. The number of hydrogen-bond donors (Lipinski definition) is 2. The van der Waals surface area contributed by atoms with E-state index in [1.165, 1.54) is 6.08 Å². The van der Waals surface area contributed by atoms with Crippen molar-refractivity contribution in [2.24, 2.45) is 0 Å². The van der Waals surface area contributed by atoms with Crippen LogP contribution in [0, 0.1) is 0 Å². The Labute approximate surface area is 154 Å². The van der Waals surface area contributed by atoms with E-state index in [2.05, 4.69) is 10.6 Å². The lowest BCUT2D eigenvalue weighted by molar-refractivity contribution is -0.117. The Morgan fingerprint density at radius 1 is 1.23 bits per heavy atom. The van der Waals surface area contributed by atoms with Crippen molar-refractivity contribution in [1.29, 1.82) is 0 Å². The van der Waals surface area contributed by atoms with Crippen LogP contribution < -0.4 is 15.4 Å². The molecule has 2 amide bonds. The van der Waals surface area contributed by atoms with Crippen LogP contribution in [0.2, 0.25) is 0 Å². The van der Waals surface area contributed by atoms with Crippen LogP contribution in [0.4, 0.5) is 4.79 Å². The standard InChI is InChI=1S/C20H28N2O4/c1-19(2,3)26-18(24)21-13-20(4,5)22-17(23)9-7-14-6-8-16-15(12-14)10-11-25-16/h6-9,12H,10-11,13H2,1-5H3,(H,21,24)(H,22,23). The summed E-state index contributed by atoms with van der Waals surface area (Å²) >= 11 is 0. The summed E-state index contributed by atoms with van der Waals surface area (Å²) in [4.78, 5) is 23.9. The van der Waals surface area contributed by atoms with Gasteiger partial charge < -0.3 is 20.1 Å². The number of hydrogen-bond acceptors (Lipinski definition) is 4. The summed E-state index contributed by atoms with van der Waals surface area (Å²) in [5.41, 5.74) is 0.953. The molecule has 1 aromatic rings. The van der Waals surface area contributed by atoms with Gasteiger partial charge in [-0.05, 0) is 64.0 Å². The summed E-state index contributed by atoms with van der Waals surface area (Å²) in [6.07, 6.45) is 3.65. The molecule has 26 heavy (non-hydrogen) atoms. The topological polar surface area (TPSA) is 76.7 Å². The first-order chi connectivity index (χ1) is 12.0. The summed E-state index contributed by atoms with van der Waals surface area (Å²) in [6, 6.07) is 5.87. The highest BCUT2D eigenvalue weighted by Gasteiger charge is 2.22. The smallest absolute Gasteiger partial charge is 0.407 e. The average Bonchev–Trinajstić information content (AvgIpc) is 2.96. The minimum atomic E-state index is -0.607. The zero-order valence-electron chi connectivity index (χ0n) is 16.1. The molecule has 2 N–H and O–H groups in total. The van der Waals surface area contributed by atoms with E-state index in [1.807, 2.05) is 32.0 Å². The molecule has 0 saturated carbocycles. The highest BCUT2D eigenvalue weighted by Crippen LogP contribution is 2.26. The van der Waals surface area contributed by atoms with Gasteiger partial charge in [-0.15, -0.1) is 0 Å². The number of carbonyl (C=O) groups is 2. The molecule has 0 atom stereocenters. The molecule has 0 fully saturated rings. The molecule has 0 aromatic heterocycles. The van der Waals surface area contributed by atoms with Crippen LogP contribution in [-0.2, 0) is 16.0 Å². The summed E-state index contributed by atoms with van der Waals surface area (Å²) in [5.74, 6) is 0.693. The molecule has 0 unspecified atom stereocenters. The highest BCUT2D eigenvalue weighted by atomic mass is 16.6. The van der Waals surface area contributed by atoms with Crippen molar-refractivity contribution in [2.45, 2.75) is 52.2 Å². The molecule has 0 spiro atoms. The number of ether oxygens (including phenoxy) is 2. The fourth-order valence-electron chi connectivity index (χ4n) is 2.51. The maximum atomic E-state index is 12.2. The number of rotatable bonds is 5. The van der Waals surface area contributed by atoms with Gasteiger partial charge in [0, 0.05) is 19.0 Å². The minimum absolute atomic E-state index is 0.224. The molecule has 1 aliphatic rings. The quantitative estimate of drug-likeness (QED) is 0.791. The summed E-state index contributed by atoms with van der Waals surface area (Å²) in [6.45, 7) is 10.0. The number of nitrogens with one attached hydrogen (secondary N) is 2. The lowest BCUT2D eigenvalue weighted by Crippen LogP contribution is -2.51. The van der Waals surface area contributed by atoms with Crippen molar-refractivity contribution in [1.82, 2.24) is 10.6 Å². The van der Waals surface area contributed by atoms with Crippen molar-refractivity contribution in [3.05, 3.63) is 35.4 Å². The molecule has 0 saturated heterocycles. The predicted octanol–water partition coefficient (Wildman–Crippen LogP) is 3.05. The Hall–Kier alpha value is -2.50. The normalized spacial score (nSPS) is 13.9. The lowest BCUT2D eigenvalue weighted by atomic mass is 10.1. The van der Waals surface area contributed by atoms with Crippen LogP contribution in [-0.4, -0.2) is 36.3 Å². The first-order valence-electron chi connectivity index (χ1n) is 8.77. The zero-order chi connectivity index (χ0) is 19.4. The summed E-state index contributed by atoms with van der Waals surface area (Å²) < 4.78 is 10.7. The first-order valence-corrected chi connectivity index (χ1v) is 8.77. The number of fused-ring (bicyclic) bond motifs is 1. The van der Waals surface area contributed by atoms with Gasteiger partial charge in [0.1, 0.15) is 11.4 Å². The third-order valence-corrected chi connectivity index (χ3v) is 3.68. The fraction of sp³-hybridized carbons (Fsp3) is 0.500. The van der Waals surface area contributed by atoms with Crippen molar-refractivity contribution in [3.8, 4) is 5.75 Å². The van der Waals surface area contributed by atoms with Gasteiger partial charge in [-0.3, -0.25) is 4.79 Å².